The van der Waals surface area contributed by atoms with Gasteiger partial charge in [-0.05, 0) is 30.5 Å². The van der Waals surface area contributed by atoms with E-state index in [0.29, 0.717) is 16.7 Å². The smallest absolute Gasteiger partial charge is 0.0682 e. The lowest BCUT2D eigenvalue weighted by Gasteiger charge is -2.02. The van der Waals surface area contributed by atoms with E-state index >= 15 is 0 Å². The summed E-state index contributed by atoms with van der Waals surface area (Å²) in [6.07, 6.45) is 1.78. The van der Waals surface area contributed by atoms with E-state index in [1.54, 1.807) is 6.07 Å². The molecule has 0 saturated heterocycles. The van der Waals surface area contributed by atoms with E-state index in [2.05, 4.69) is 4.84 Å². The lowest BCUT2D eigenvalue weighted by atomic mass is 10.1. The first-order valence-electron chi connectivity index (χ1n) is 3.99. The van der Waals surface area contributed by atoms with E-state index in [0.717, 1.165) is 18.4 Å². The number of nitrogens with two attached hydrogens (primary N) is 1. The SMILES string of the molecule is NOCCCc1ccc(Cl)c(Cl)c1. The molecule has 1 aromatic rings. The quantitative estimate of drug-likeness (QED) is 0.625. The second-order valence-corrected chi connectivity index (χ2v) is 3.54. The van der Waals surface area contributed by atoms with Crippen LogP contribution in [0, 0.1) is 0 Å². The molecule has 2 nitrogen and oxygen atoms in total. The van der Waals surface area contributed by atoms with Gasteiger partial charge < -0.3 is 4.84 Å². The maximum atomic E-state index is 5.84. The predicted octanol–water partition coefficient (Wildman–Crippen LogP) is 2.82. The van der Waals surface area contributed by atoms with Crippen molar-refractivity contribution in [2.45, 2.75) is 12.8 Å². The normalized spacial score (nSPS) is 10.4. The summed E-state index contributed by atoms with van der Waals surface area (Å²) in [5.74, 6) is 4.90. The average molecular weight is 220 g/mol. The van der Waals surface area contributed by atoms with Gasteiger partial charge in [0.1, 0.15) is 0 Å². The van der Waals surface area contributed by atoms with Crippen molar-refractivity contribution >= 4 is 23.2 Å². The lowest BCUT2D eigenvalue weighted by molar-refractivity contribution is 0.135. The first kappa shape index (κ1) is 10.8. The Hall–Kier alpha value is -0.280. The molecule has 0 aliphatic heterocycles. The molecule has 2 N–H and O–H groups in total. The van der Waals surface area contributed by atoms with Crippen molar-refractivity contribution < 1.29 is 4.84 Å². The average Bonchev–Trinajstić information content (AvgIpc) is 2.12. The van der Waals surface area contributed by atoms with Crippen molar-refractivity contribution in [3.05, 3.63) is 33.8 Å². The zero-order valence-electron chi connectivity index (χ0n) is 7.09. The summed E-state index contributed by atoms with van der Waals surface area (Å²) in [7, 11) is 0. The van der Waals surface area contributed by atoms with Crippen molar-refractivity contribution in [3.63, 3.8) is 0 Å². The zero-order valence-corrected chi connectivity index (χ0v) is 8.61. The van der Waals surface area contributed by atoms with Gasteiger partial charge in [-0.3, -0.25) is 0 Å². The predicted molar refractivity (Wildman–Crippen MR) is 54.9 cm³/mol. The van der Waals surface area contributed by atoms with Gasteiger partial charge in [-0.1, -0.05) is 29.3 Å². The monoisotopic (exact) mass is 219 g/mol. The van der Waals surface area contributed by atoms with Crippen LogP contribution in [0.1, 0.15) is 12.0 Å². The maximum Gasteiger partial charge on any atom is 0.0682 e. The molecule has 72 valence electrons. The Morgan fingerprint density at radius 3 is 2.62 bits per heavy atom. The van der Waals surface area contributed by atoms with Crippen LogP contribution < -0.4 is 5.90 Å². The summed E-state index contributed by atoms with van der Waals surface area (Å²) in [4.78, 5) is 4.46. The van der Waals surface area contributed by atoms with Gasteiger partial charge in [-0.2, -0.15) is 0 Å². The minimum absolute atomic E-state index is 0.556. The van der Waals surface area contributed by atoms with Crippen LogP contribution in [0.4, 0.5) is 0 Å². The molecule has 0 aromatic heterocycles. The highest BCUT2D eigenvalue weighted by Gasteiger charge is 1.98. The van der Waals surface area contributed by atoms with E-state index in [1.807, 2.05) is 12.1 Å². The molecule has 1 aromatic carbocycles. The molecular formula is C9H11Cl2NO. The van der Waals surface area contributed by atoms with Crippen molar-refractivity contribution in [3.8, 4) is 0 Å². The Bertz CT molecular complexity index is 278. The fourth-order valence-electron chi connectivity index (χ4n) is 1.05. The van der Waals surface area contributed by atoms with Gasteiger partial charge in [0.2, 0.25) is 0 Å². The summed E-state index contributed by atoms with van der Waals surface area (Å²) < 4.78 is 0. The Morgan fingerprint density at radius 1 is 1.23 bits per heavy atom. The number of hydrogen-bond acceptors (Lipinski definition) is 2. The molecule has 0 amide bonds. The molecule has 0 fully saturated rings. The largest absolute Gasteiger partial charge is 0.305 e. The van der Waals surface area contributed by atoms with Gasteiger partial charge in [-0.25, -0.2) is 5.90 Å². The third kappa shape index (κ3) is 3.53. The van der Waals surface area contributed by atoms with Gasteiger partial charge in [0.15, 0.2) is 0 Å². The Labute approximate surface area is 87.5 Å². The molecule has 0 atom stereocenters. The first-order chi connectivity index (χ1) is 6.24. The minimum Gasteiger partial charge on any atom is -0.305 e. The van der Waals surface area contributed by atoms with Crippen molar-refractivity contribution in [2.75, 3.05) is 6.61 Å². The molecule has 0 unspecified atom stereocenters. The van der Waals surface area contributed by atoms with Crippen LogP contribution in [-0.2, 0) is 11.3 Å². The highest BCUT2D eigenvalue weighted by Crippen LogP contribution is 2.22. The zero-order chi connectivity index (χ0) is 9.68. The molecule has 0 bridgehead atoms. The number of rotatable bonds is 4. The Kier molecular flexibility index (Phi) is 4.53. The molecule has 0 aliphatic rings. The molecule has 0 spiro atoms. The van der Waals surface area contributed by atoms with Crippen LogP contribution in [0.5, 0.6) is 0 Å². The molecule has 4 heteroatoms. The molecule has 1 rings (SSSR count). The number of aryl methyl sites for hydroxylation is 1. The molecular weight excluding hydrogens is 209 g/mol. The molecule has 0 radical (unpaired) electrons. The topological polar surface area (TPSA) is 35.2 Å². The van der Waals surface area contributed by atoms with Crippen LogP contribution in [0.2, 0.25) is 10.0 Å². The fraction of sp³-hybridized carbons (Fsp3) is 0.333. The van der Waals surface area contributed by atoms with Crippen molar-refractivity contribution in [1.82, 2.24) is 0 Å². The van der Waals surface area contributed by atoms with Crippen LogP contribution >= 0.6 is 23.2 Å². The van der Waals surface area contributed by atoms with E-state index in [9.17, 15) is 0 Å². The first-order valence-corrected chi connectivity index (χ1v) is 4.75. The second-order valence-electron chi connectivity index (χ2n) is 2.72. The Morgan fingerprint density at radius 2 is 2.00 bits per heavy atom. The molecule has 0 heterocycles. The highest BCUT2D eigenvalue weighted by molar-refractivity contribution is 6.42. The van der Waals surface area contributed by atoms with E-state index < -0.39 is 0 Å². The molecule has 0 aliphatic carbocycles. The second kappa shape index (κ2) is 5.45. The Balaban J connectivity index is 2.53. The third-order valence-electron chi connectivity index (χ3n) is 1.71. The number of benzene rings is 1. The summed E-state index contributed by atoms with van der Waals surface area (Å²) in [6.45, 7) is 0.556. The summed E-state index contributed by atoms with van der Waals surface area (Å²) in [6, 6.07) is 5.60. The highest BCUT2D eigenvalue weighted by atomic mass is 35.5. The van der Waals surface area contributed by atoms with Crippen molar-refractivity contribution in [1.29, 1.82) is 0 Å². The summed E-state index contributed by atoms with van der Waals surface area (Å²) >= 11 is 11.6. The van der Waals surface area contributed by atoms with E-state index in [-0.39, 0.29) is 0 Å². The molecule has 13 heavy (non-hydrogen) atoms. The third-order valence-corrected chi connectivity index (χ3v) is 2.45. The van der Waals surface area contributed by atoms with Gasteiger partial charge in [0.05, 0.1) is 16.7 Å². The number of hydrogen-bond donors (Lipinski definition) is 1. The van der Waals surface area contributed by atoms with Gasteiger partial charge in [0.25, 0.3) is 0 Å². The summed E-state index contributed by atoms with van der Waals surface area (Å²) in [5.41, 5.74) is 1.14. The summed E-state index contributed by atoms with van der Waals surface area (Å²) in [5, 5.41) is 1.17. The van der Waals surface area contributed by atoms with Crippen LogP contribution in [-0.4, -0.2) is 6.61 Å². The number of halogens is 2. The van der Waals surface area contributed by atoms with Crippen LogP contribution in [0.15, 0.2) is 18.2 Å². The van der Waals surface area contributed by atoms with Crippen LogP contribution in [0.25, 0.3) is 0 Å². The van der Waals surface area contributed by atoms with Crippen LogP contribution in [0.3, 0.4) is 0 Å². The van der Waals surface area contributed by atoms with E-state index in [1.165, 1.54) is 0 Å². The standard InChI is InChI=1S/C9H11Cl2NO/c10-8-4-3-7(6-9(8)11)2-1-5-13-12/h3-4,6H,1-2,5,12H2. The van der Waals surface area contributed by atoms with Crippen molar-refractivity contribution in [2.24, 2.45) is 5.90 Å². The van der Waals surface area contributed by atoms with Gasteiger partial charge >= 0.3 is 0 Å². The lowest BCUT2D eigenvalue weighted by Crippen LogP contribution is -2.01. The fourth-order valence-corrected chi connectivity index (χ4v) is 1.38. The molecule has 0 saturated carbocycles. The van der Waals surface area contributed by atoms with Gasteiger partial charge in [0, 0.05) is 0 Å². The van der Waals surface area contributed by atoms with E-state index in [4.69, 9.17) is 29.1 Å². The van der Waals surface area contributed by atoms with Gasteiger partial charge in [-0.15, -0.1) is 0 Å². The maximum absolute atomic E-state index is 5.84. The minimum atomic E-state index is 0.556.